The molecule has 6 heteroatoms. The second-order valence-electron chi connectivity index (χ2n) is 10.4. The van der Waals surface area contributed by atoms with Gasteiger partial charge in [0.25, 0.3) is 0 Å². The molecule has 1 heterocycles. The van der Waals surface area contributed by atoms with Gasteiger partial charge in [0, 0.05) is 26.6 Å². The lowest BCUT2D eigenvalue weighted by molar-refractivity contribution is -0.146. The van der Waals surface area contributed by atoms with Crippen molar-refractivity contribution in [3.8, 4) is 5.75 Å². The zero-order valence-electron chi connectivity index (χ0n) is 23.3. The maximum Gasteiger partial charge on any atom is 0.245 e. The molecule has 6 nitrogen and oxygen atoms in total. The van der Waals surface area contributed by atoms with E-state index in [4.69, 9.17) is 4.74 Å². The predicted molar refractivity (Wildman–Crippen MR) is 155 cm³/mol. The summed E-state index contributed by atoms with van der Waals surface area (Å²) in [6, 6.07) is 25.4. The van der Waals surface area contributed by atoms with Crippen molar-refractivity contribution >= 4 is 11.8 Å². The second kappa shape index (κ2) is 14.5. The van der Waals surface area contributed by atoms with E-state index in [9.17, 15) is 9.59 Å². The molecule has 4 rings (SSSR count). The SMILES string of the molecule is CNCCCCCCN(C)C(=O)C1Cc2ccccc2CN1C(=O)Cc1ccc(OCc2ccccc2)cc1. The number of hydrogen-bond acceptors (Lipinski definition) is 4. The van der Waals surface area contributed by atoms with Gasteiger partial charge in [-0.3, -0.25) is 9.59 Å². The quantitative estimate of drug-likeness (QED) is 0.318. The molecular formula is C33H41N3O3. The fourth-order valence-corrected chi connectivity index (χ4v) is 5.10. The van der Waals surface area contributed by atoms with Crippen LogP contribution in [0.4, 0.5) is 0 Å². The third kappa shape index (κ3) is 8.17. The summed E-state index contributed by atoms with van der Waals surface area (Å²) in [6.07, 6.45) is 5.18. The first-order valence-corrected chi connectivity index (χ1v) is 14.1. The maximum absolute atomic E-state index is 13.6. The first kappa shape index (κ1) is 28.4. The number of rotatable bonds is 13. The lowest BCUT2D eigenvalue weighted by Crippen LogP contribution is -2.53. The van der Waals surface area contributed by atoms with Crippen molar-refractivity contribution in [1.29, 1.82) is 0 Å². The lowest BCUT2D eigenvalue weighted by atomic mass is 9.92. The molecule has 3 aromatic rings. The molecule has 0 aromatic heterocycles. The zero-order valence-corrected chi connectivity index (χ0v) is 23.3. The molecule has 0 saturated carbocycles. The molecule has 0 bridgehead atoms. The number of fused-ring (bicyclic) bond motifs is 1. The van der Waals surface area contributed by atoms with Crippen LogP contribution in [0.3, 0.4) is 0 Å². The molecular weight excluding hydrogens is 486 g/mol. The van der Waals surface area contributed by atoms with Crippen molar-refractivity contribution in [3.05, 3.63) is 101 Å². The van der Waals surface area contributed by atoms with Gasteiger partial charge in [0.15, 0.2) is 0 Å². The highest BCUT2D eigenvalue weighted by Gasteiger charge is 2.35. The van der Waals surface area contributed by atoms with Crippen molar-refractivity contribution < 1.29 is 14.3 Å². The minimum absolute atomic E-state index is 0.0257. The topological polar surface area (TPSA) is 61.9 Å². The van der Waals surface area contributed by atoms with E-state index in [1.54, 1.807) is 4.90 Å². The highest BCUT2D eigenvalue weighted by atomic mass is 16.5. The zero-order chi connectivity index (χ0) is 27.5. The van der Waals surface area contributed by atoms with Crippen molar-refractivity contribution in [1.82, 2.24) is 15.1 Å². The standard InChI is InChI=1S/C33H41N3O3/c1-34-20-10-3-4-11-21-35(2)33(38)31-23-28-14-8-9-15-29(28)24-36(31)32(37)22-26-16-18-30(19-17-26)39-25-27-12-6-5-7-13-27/h5-9,12-19,31,34H,3-4,10-11,20-25H2,1-2H3. The highest BCUT2D eigenvalue weighted by molar-refractivity contribution is 5.89. The van der Waals surface area contributed by atoms with Crippen LogP contribution < -0.4 is 10.1 Å². The van der Waals surface area contributed by atoms with Crippen LogP contribution in [0.25, 0.3) is 0 Å². The van der Waals surface area contributed by atoms with Crippen LogP contribution in [0, 0.1) is 0 Å². The van der Waals surface area contributed by atoms with E-state index in [1.165, 1.54) is 0 Å². The van der Waals surface area contributed by atoms with Gasteiger partial charge < -0.3 is 19.9 Å². The number of ether oxygens (including phenoxy) is 1. The maximum atomic E-state index is 13.6. The Morgan fingerprint density at radius 3 is 2.31 bits per heavy atom. The van der Waals surface area contributed by atoms with Crippen LogP contribution in [-0.4, -0.2) is 54.8 Å². The molecule has 3 aromatic carbocycles. The highest BCUT2D eigenvalue weighted by Crippen LogP contribution is 2.26. The van der Waals surface area contributed by atoms with Crippen LogP contribution in [0.5, 0.6) is 5.75 Å². The van der Waals surface area contributed by atoms with Gasteiger partial charge in [-0.05, 0) is 60.8 Å². The Balaban J connectivity index is 1.38. The van der Waals surface area contributed by atoms with E-state index < -0.39 is 6.04 Å². The molecule has 0 saturated heterocycles. The van der Waals surface area contributed by atoms with Gasteiger partial charge in [0.2, 0.25) is 11.8 Å². The smallest absolute Gasteiger partial charge is 0.245 e. The summed E-state index contributed by atoms with van der Waals surface area (Å²) < 4.78 is 5.89. The number of carbonyl (C=O) groups is 2. The third-order valence-electron chi connectivity index (χ3n) is 7.43. The fraction of sp³-hybridized carbons (Fsp3) is 0.394. The number of amides is 2. The first-order valence-electron chi connectivity index (χ1n) is 14.1. The van der Waals surface area contributed by atoms with Crippen LogP contribution in [-0.2, 0) is 35.6 Å². The Bertz CT molecular complexity index is 1200. The largest absolute Gasteiger partial charge is 0.489 e. The van der Waals surface area contributed by atoms with Crippen molar-refractivity contribution in [2.24, 2.45) is 0 Å². The number of unbranched alkanes of at least 4 members (excludes halogenated alkanes) is 3. The number of nitrogens with zero attached hydrogens (tertiary/aromatic N) is 2. The van der Waals surface area contributed by atoms with Gasteiger partial charge in [0.05, 0.1) is 6.42 Å². The molecule has 206 valence electrons. The second-order valence-corrected chi connectivity index (χ2v) is 10.4. The van der Waals surface area contributed by atoms with Gasteiger partial charge in [-0.15, -0.1) is 0 Å². The number of benzene rings is 3. The van der Waals surface area contributed by atoms with E-state index in [0.29, 0.717) is 26.1 Å². The predicted octanol–water partition coefficient (Wildman–Crippen LogP) is 5.00. The summed E-state index contributed by atoms with van der Waals surface area (Å²) in [5, 5.41) is 3.18. The normalized spacial score (nSPS) is 14.5. The van der Waals surface area contributed by atoms with Crippen molar-refractivity contribution in [2.45, 2.75) is 57.7 Å². The molecule has 0 spiro atoms. The van der Waals surface area contributed by atoms with Crippen LogP contribution in [0.1, 0.15) is 47.9 Å². The van der Waals surface area contributed by atoms with Crippen LogP contribution >= 0.6 is 0 Å². The molecule has 0 fully saturated rings. The molecule has 39 heavy (non-hydrogen) atoms. The summed E-state index contributed by atoms with van der Waals surface area (Å²) >= 11 is 0. The van der Waals surface area contributed by atoms with E-state index >= 15 is 0 Å². The Labute approximate surface area is 233 Å². The monoisotopic (exact) mass is 527 g/mol. The molecule has 1 N–H and O–H groups in total. The minimum Gasteiger partial charge on any atom is -0.489 e. The summed E-state index contributed by atoms with van der Waals surface area (Å²) in [7, 11) is 3.84. The van der Waals surface area contributed by atoms with E-state index in [0.717, 1.165) is 60.2 Å². The average Bonchev–Trinajstić information content (AvgIpc) is 2.98. The van der Waals surface area contributed by atoms with Crippen LogP contribution in [0.2, 0.25) is 0 Å². The summed E-state index contributed by atoms with van der Waals surface area (Å²) in [5.41, 5.74) is 4.29. The molecule has 1 aliphatic heterocycles. The number of hydrogen-bond donors (Lipinski definition) is 1. The van der Waals surface area contributed by atoms with Crippen molar-refractivity contribution in [2.75, 3.05) is 27.2 Å². The Hall–Kier alpha value is -3.64. The minimum atomic E-state index is -0.477. The van der Waals surface area contributed by atoms with E-state index in [-0.39, 0.29) is 18.2 Å². The summed E-state index contributed by atoms with van der Waals surface area (Å²) in [5.74, 6) is 0.765. The Kier molecular flexibility index (Phi) is 10.5. The summed E-state index contributed by atoms with van der Waals surface area (Å²) in [6.45, 7) is 2.70. The van der Waals surface area contributed by atoms with Crippen molar-refractivity contribution in [3.63, 3.8) is 0 Å². The fourth-order valence-electron chi connectivity index (χ4n) is 5.10. The molecule has 1 aliphatic rings. The molecule has 0 aliphatic carbocycles. The molecule has 1 unspecified atom stereocenters. The third-order valence-corrected chi connectivity index (χ3v) is 7.43. The Morgan fingerprint density at radius 1 is 0.872 bits per heavy atom. The number of likely N-dealkylation sites (N-methyl/N-ethyl adjacent to an activating group) is 1. The summed E-state index contributed by atoms with van der Waals surface area (Å²) in [4.78, 5) is 30.8. The number of nitrogens with one attached hydrogen (secondary N) is 1. The molecule has 1 atom stereocenters. The van der Waals surface area contributed by atoms with Gasteiger partial charge in [-0.1, -0.05) is 79.6 Å². The lowest BCUT2D eigenvalue weighted by Gasteiger charge is -2.38. The first-order chi connectivity index (χ1) is 19.0. The van der Waals surface area contributed by atoms with Gasteiger partial charge >= 0.3 is 0 Å². The van der Waals surface area contributed by atoms with Gasteiger partial charge in [-0.2, -0.15) is 0 Å². The van der Waals surface area contributed by atoms with Crippen LogP contribution in [0.15, 0.2) is 78.9 Å². The molecule has 2 amide bonds. The average molecular weight is 528 g/mol. The van der Waals surface area contributed by atoms with E-state index in [1.807, 2.05) is 85.7 Å². The van der Waals surface area contributed by atoms with E-state index in [2.05, 4.69) is 17.4 Å². The molecule has 0 radical (unpaired) electrons. The van der Waals surface area contributed by atoms with Gasteiger partial charge in [-0.25, -0.2) is 0 Å². The number of carbonyl (C=O) groups excluding carboxylic acids is 2. The van der Waals surface area contributed by atoms with Gasteiger partial charge in [0.1, 0.15) is 18.4 Å². The Morgan fingerprint density at radius 2 is 1.56 bits per heavy atom.